The zero-order chi connectivity index (χ0) is 13.4. The van der Waals surface area contributed by atoms with Crippen molar-refractivity contribution in [3.8, 4) is 0 Å². The minimum Gasteiger partial charge on any atom is -0.481 e. The number of hydrogen-bond acceptors (Lipinski definition) is 1. The number of aliphatic carboxylic acids is 1. The van der Waals surface area contributed by atoms with Gasteiger partial charge >= 0.3 is 5.97 Å². The summed E-state index contributed by atoms with van der Waals surface area (Å²) in [5.41, 5.74) is 2.53. The number of allylic oxidation sites excluding steroid dienone is 3. The van der Waals surface area contributed by atoms with Gasteiger partial charge in [-0.15, -0.1) is 0 Å². The molecule has 0 amide bonds. The second-order valence-corrected chi connectivity index (χ2v) is 5.23. The van der Waals surface area contributed by atoms with Crippen LogP contribution in [0.4, 0.5) is 0 Å². The van der Waals surface area contributed by atoms with Gasteiger partial charge in [-0.25, -0.2) is 0 Å². The third-order valence-electron chi connectivity index (χ3n) is 3.12. The van der Waals surface area contributed by atoms with Crippen LogP contribution in [0.15, 0.2) is 23.8 Å². The van der Waals surface area contributed by atoms with Gasteiger partial charge in [0.2, 0.25) is 0 Å². The standard InChI is InChI=1S/C15H26O2/c1-11(2)9-10-14(12(3)4)8-6-7-13(5)15(16)17/h9,13-14H,3,6-8,10H2,1-2,4-5H3,(H,16,17)/t13-,14?/m0/s1. The minimum atomic E-state index is -0.693. The highest BCUT2D eigenvalue weighted by atomic mass is 16.4. The molecule has 0 saturated heterocycles. The van der Waals surface area contributed by atoms with Gasteiger partial charge in [-0.2, -0.15) is 0 Å². The summed E-state index contributed by atoms with van der Waals surface area (Å²) in [6.45, 7) is 12.1. The minimum absolute atomic E-state index is 0.232. The second-order valence-electron chi connectivity index (χ2n) is 5.23. The zero-order valence-corrected chi connectivity index (χ0v) is 11.6. The Labute approximate surface area is 105 Å². The van der Waals surface area contributed by atoms with Crippen molar-refractivity contribution in [2.45, 2.75) is 53.4 Å². The summed E-state index contributed by atoms with van der Waals surface area (Å²) in [5, 5.41) is 8.81. The third-order valence-corrected chi connectivity index (χ3v) is 3.12. The average molecular weight is 238 g/mol. The number of carboxylic acids is 1. The molecule has 0 aliphatic carbocycles. The Kier molecular flexibility index (Phi) is 7.60. The zero-order valence-electron chi connectivity index (χ0n) is 11.6. The smallest absolute Gasteiger partial charge is 0.306 e. The first-order valence-corrected chi connectivity index (χ1v) is 6.36. The van der Waals surface area contributed by atoms with E-state index in [-0.39, 0.29) is 5.92 Å². The van der Waals surface area contributed by atoms with Crippen LogP contribution >= 0.6 is 0 Å². The highest BCUT2D eigenvalue weighted by molar-refractivity contribution is 5.69. The number of hydrogen-bond donors (Lipinski definition) is 1. The molecule has 0 fully saturated rings. The SMILES string of the molecule is C=C(C)C(CC=C(C)C)CCC[C@H](C)C(=O)O. The van der Waals surface area contributed by atoms with Gasteiger partial charge in [-0.1, -0.05) is 37.1 Å². The molecule has 98 valence electrons. The Morgan fingerprint density at radius 3 is 2.29 bits per heavy atom. The molecule has 0 aromatic heterocycles. The van der Waals surface area contributed by atoms with Crippen molar-refractivity contribution in [3.05, 3.63) is 23.8 Å². The van der Waals surface area contributed by atoms with Crippen molar-refractivity contribution in [1.82, 2.24) is 0 Å². The van der Waals surface area contributed by atoms with Crippen LogP contribution in [-0.4, -0.2) is 11.1 Å². The van der Waals surface area contributed by atoms with E-state index < -0.39 is 5.97 Å². The van der Waals surface area contributed by atoms with Gasteiger partial charge in [0.1, 0.15) is 0 Å². The molecule has 0 spiro atoms. The molecule has 0 aromatic rings. The van der Waals surface area contributed by atoms with E-state index in [0.29, 0.717) is 5.92 Å². The first-order valence-electron chi connectivity index (χ1n) is 6.36. The lowest BCUT2D eigenvalue weighted by atomic mass is 9.90. The largest absolute Gasteiger partial charge is 0.481 e. The summed E-state index contributed by atoms with van der Waals surface area (Å²) < 4.78 is 0. The second kappa shape index (κ2) is 8.10. The maximum absolute atomic E-state index is 10.7. The van der Waals surface area contributed by atoms with Crippen molar-refractivity contribution >= 4 is 5.97 Å². The predicted molar refractivity (Wildman–Crippen MR) is 73.0 cm³/mol. The molecule has 2 nitrogen and oxygen atoms in total. The van der Waals surface area contributed by atoms with Crippen LogP contribution in [-0.2, 0) is 4.79 Å². The molecular formula is C15H26O2. The topological polar surface area (TPSA) is 37.3 Å². The molecule has 0 bridgehead atoms. The van der Waals surface area contributed by atoms with E-state index in [0.717, 1.165) is 25.7 Å². The Bertz CT molecular complexity index is 285. The van der Waals surface area contributed by atoms with Gasteiger partial charge in [-0.3, -0.25) is 4.79 Å². The third kappa shape index (κ3) is 7.78. The summed E-state index contributed by atoms with van der Waals surface area (Å²) >= 11 is 0. The first-order chi connectivity index (χ1) is 7.84. The lowest BCUT2D eigenvalue weighted by Crippen LogP contribution is -2.10. The Morgan fingerprint density at radius 2 is 1.88 bits per heavy atom. The van der Waals surface area contributed by atoms with Gasteiger partial charge in [-0.05, 0) is 46.0 Å². The highest BCUT2D eigenvalue weighted by Gasteiger charge is 2.13. The summed E-state index contributed by atoms with van der Waals surface area (Å²) in [4.78, 5) is 10.7. The quantitative estimate of drug-likeness (QED) is 0.635. The molecule has 0 saturated carbocycles. The van der Waals surface area contributed by atoms with Gasteiger partial charge in [0, 0.05) is 0 Å². The molecule has 2 atom stereocenters. The molecule has 0 radical (unpaired) electrons. The molecule has 17 heavy (non-hydrogen) atoms. The van der Waals surface area contributed by atoms with Crippen LogP contribution in [0.2, 0.25) is 0 Å². The van der Waals surface area contributed by atoms with E-state index in [4.69, 9.17) is 5.11 Å². The van der Waals surface area contributed by atoms with E-state index in [1.165, 1.54) is 11.1 Å². The van der Waals surface area contributed by atoms with Crippen molar-refractivity contribution in [1.29, 1.82) is 0 Å². The predicted octanol–water partition coefficient (Wildman–Crippen LogP) is 4.43. The molecule has 1 N–H and O–H groups in total. The molecular weight excluding hydrogens is 212 g/mol. The Hall–Kier alpha value is -1.05. The Balaban J connectivity index is 4.06. The van der Waals surface area contributed by atoms with Crippen LogP contribution in [0, 0.1) is 11.8 Å². The van der Waals surface area contributed by atoms with Crippen molar-refractivity contribution in [2.24, 2.45) is 11.8 Å². The van der Waals surface area contributed by atoms with Crippen LogP contribution in [0.3, 0.4) is 0 Å². The molecule has 2 heteroatoms. The summed E-state index contributed by atoms with van der Waals surface area (Å²) in [7, 11) is 0. The maximum atomic E-state index is 10.7. The Morgan fingerprint density at radius 1 is 1.29 bits per heavy atom. The maximum Gasteiger partial charge on any atom is 0.306 e. The number of carboxylic acid groups (broad SMARTS) is 1. The monoisotopic (exact) mass is 238 g/mol. The lowest BCUT2D eigenvalue weighted by Gasteiger charge is -2.16. The van der Waals surface area contributed by atoms with Gasteiger partial charge < -0.3 is 5.11 Å². The van der Waals surface area contributed by atoms with E-state index in [2.05, 4.69) is 33.4 Å². The highest BCUT2D eigenvalue weighted by Crippen LogP contribution is 2.23. The molecule has 0 rings (SSSR count). The van der Waals surface area contributed by atoms with Gasteiger partial charge in [0.25, 0.3) is 0 Å². The van der Waals surface area contributed by atoms with Crippen molar-refractivity contribution in [2.75, 3.05) is 0 Å². The summed E-state index contributed by atoms with van der Waals surface area (Å²) in [5.74, 6) is -0.434. The fourth-order valence-electron chi connectivity index (χ4n) is 1.74. The van der Waals surface area contributed by atoms with E-state index >= 15 is 0 Å². The molecule has 0 heterocycles. The number of carbonyl (C=O) groups is 1. The summed E-state index contributed by atoms with van der Waals surface area (Å²) in [6.07, 6.45) is 6.02. The van der Waals surface area contributed by atoms with Crippen molar-refractivity contribution in [3.63, 3.8) is 0 Å². The lowest BCUT2D eigenvalue weighted by molar-refractivity contribution is -0.141. The first kappa shape index (κ1) is 16.0. The normalized spacial score (nSPS) is 13.9. The van der Waals surface area contributed by atoms with Crippen LogP contribution in [0.1, 0.15) is 53.4 Å². The number of rotatable bonds is 8. The van der Waals surface area contributed by atoms with E-state index in [1.54, 1.807) is 6.92 Å². The fourth-order valence-corrected chi connectivity index (χ4v) is 1.74. The van der Waals surface area contributed by atoms with Crippen LogP contribution in [0.25, 0.3) is 0 Å². The van der Waals surface area contributed by atoms with Gasteiger partial charge in [0.05, 0.1) is 5.92 Å². The molecule has 0 aliphatic heterocycles. The fraction of sp³-hybridized carbons (Fsp3) is 0.667. The van der Waals surface area contributed by atoms with Crippen LogP contribution < -0.4 is 0 Å². The average Bonchev–Trinajstić information content (AvgIpc) is 2.21. The van der Waals surface area contributed by atoms with Crippen LogP contribution in [0.5, 0.6) is 0 Å². The van der Waals surface area contributed by atoms with Gasteiger partial charge in [0.15, 0.2) is 0 Å². The van der Waals surface area contributed by atoms with Crippen molar-refractivity contribution < 1.29 is 9.90 Å². The molecule has 0 aromatic carbocycles. The van der Waals surface area contributed by atoms with E-state index in [9.17, 15) is 4.79 Å². The summed E-state index contributed by atoms with van der Waals surface area (Å²) in [6, 6.07) is 0. The molecule has 0 aliphatic rings. The van der Waals surface area contributed by atoms with E-state index in [1.807, 2.05) is 0 Å². The molecule has 1 unspecified atom stereocenters.